The highest BCUT2D eigenvalue weighted by atomic mass is 16.6. The van der Waals surface area contributed by atoms with Crippen LogP contribution in [0, 0.1) is 0 Å². The van der Waals surface area contributed by atoms with Gasteiger partial charge in [-0.15, -0.1) is 0 Å². The van der Waals surface area contributed by atoms with Gasteiger partial charge in [0.15, 0.2) is 11.5 Å². The van der Waals surface area contributed by atoms with Crippen molar-refractivity contribution >= 4 is 18.1 Å². The highest BCUT2D eigenvalue weighted by molar-refractivity contribution is 5.95. The summed E-state index contributed by atoms with van der Waals surface area (Å²) in [6.07, 6.45) is 1.49. The van der Waals surface area contributed by atoms with E-state index in [1.807, 2.05) is 18.2 Å². The fourth-order valence-corrected chi connectivity index (χ4v) is 2.93. The van der Waals surface area contributed by atoms with Crippen LogP contribution in [-0.4, -0.2) is 25.2 Å². The molecular weight excluding hydrogens is 404 g/mol. The summed E-state index contributed by atoms with van der Waals surface area (Å²) in [4.78, 5) is 24.6. The third kappa shape index (κ3) is 5.82. The van der Waals surface area contributed by atoms with Gasteiger partial charge in [-0.05, 0) is 59.0 Å². The zero-order valence-corrected chi connectivity index (χ0v) is 18.6. The lowest BCUT2D eigenvalue weighted by atomic mass is 9.87. The molecule has 6 nitrogen and oxygen atoms in total. The largest absolute Gasteiger partial charge is 0.493 e. The van der Waals surface area contributed by atoms with Crippen LogP contribution in [0.1, 0.15) is 52.6 Å². The highest BCUT2D eigenvalue weighted by Gasteiger charge is 2.14. The van der Waals surface area contributed by atoms with E-state index in [2.05, 4.69) is 31.3 Å². The molecule has 0 heterocycles. The van der Waals surface area contributed by atoms with Gasteiger partial charge in [-0.25, -0.2) is 10.2 Å². The van der Waals surface area contributed by atoms with Gasteiger partial charge < -0.3 is 9.47 Å². The number of carbonyl (C=O) groups is 2. The predicted molar refractivity (Wildman–Crippen MR) is 125 cm³/mol. The van der Waals surface area contributed by atoms with Crippen molar-refractivity contribution in [3.8, 4) is 11.5 Å². The molecule has 0 aliphatic rings. The zero-order valence-electron chi connectivity index (χ0n) is 18.6. The summed E-state index contributed by atoms with van der Waals surface area (Å²) in [7, 11) is 1.49. The molecule has 164 valence electrons. The van der Waals surface area contributed by atoms with Crippen molar-refractivity contribution in [1.29, 1.82) is 0 Å². The average Bonchev–Trinajstić information content (AvgIpc) is 2.80. The Morgan fingerprint density at radius 3 is 2.19 bits per heavy atom. The van der Waals surface area contributed by atoms with Crippen LogP contribution in [0.3, 0.4) is 0 Å². The maximum Gasteiger partial charge on any atom is 0.343 e. The molecule has 0 unspecified atom stereocenters. The number of hydrogen-bond acceptors (Lipinski definition) is 5. The van der Waals surface area contributed by atoms with Gasteiger partial charge in [-0.1, -0.05) is 51.1 Å². The number of hydrogen-bond donors (Lipinski definition) is 1. The number of carbonyl (C=O) groups excluding carboxylic acids is 2. The van der Waals surface area contributed by atoms with Gasteiger partial charge in [-0.2, -0.15) is 5.10 Å². The molecular formula is C26H26N2O4. The third-order valence-corrected chi connectivity index (χ3v) is 4.79. The van der Waals surface area contributed by atoms with Crippen molar-refractivity contribution in [3.05, 3.63) is 95.1 Å². The Labute approximate surface area is 187 Å². The van der Waals surface area contributed by atoms with Crippen molar-refractivity contribution in [2.75, 3.05) is 7.11 Å². The number of esters is 1. The van der Waals surface area contributed by atoms with Crippen LogP contribution in [0.25, 0.3) is 0 Å². The van der Waals surface area contributed by atoms with E-state index in [1.165, 1.54) is 13.3 Å². The first-order valence-corrected chi connectivity index (χ1v) is 10.2. The summed E-state index contributed by atoms with van der Waals surface area (Å²) in [6, 6.07) is 21.2. The molecule has 0 fully saturated rings. The molecule has 0 radical (unpaired) electrons. The minimum absolute atomic E-state index is 0.0216. The van der Waals surface area contributed by atoms with Gasteiger partial charge in [0.1, 0.15) is 0 Å². The van der Waals surface area contributed by atoms with Crippen molar-refractivity contribution in [1.82, 2.24) is 5.43 Å². The molecule has 0 aliphatic carbocycles. The number of ether oxygens (including phenoxy) is 2. The first kappa shape index (κ1) is 22.7. The molecule has 6 heteroatoms. The summed E-state index contributed by atoms with van der Waals surface area (Å²) in [5, 5.41) is 4.01. The first-order chi connectivity index (χ1) is 15.3. The Kier molecular flexibility index (Phi) is 7.05. The highest BCUT2D eigenvalue weighted by Crippen LogP contribution is 2.28. The van der Waals surface area contributed by atoms with E-state index >= 15 is 0 Å². The number of nitrogens with one attached hydrogen (secondary N) is 1. The lowest BCUT2D eigenvalue weighted by Crippen LogP contribution is -2.18. The van der Waals surface area contributed by atoms with E-state index in [-0.39, 0.29) is 11.3 Å². The van der Waals surface area contributed by atoms with Gasteiger partial charge in [-0.3, -0.25) is 4.79 Å². The van der Waals surface area contributed by atoms with Crippen molar-refractivity contribution in [2.24, 2.45) is 5.10 Å². The zero-order chi connectivity index (χ0) is 23.1. The van der Waals surface area contributed by atoms with Gasteiger partial charge in [0, 0.05) is 5.56 Å². The standard InChI is InChI=1S/C26H26N2O4/c1-26(2,3)21-13-11-19(12-14-21)24(29)28-27-17-18-10-15-22(23(16-18)31-4)32-25(30)20-8-6-5-7-9-20/h5-17H,1-4H3,(H,28,29)/b27-17+. The Balaban J connectivity index is 1.64. The molecule has 0 bridgehead atoms. The molecule has 0 saturated carbocycles. The van der Waals surface area contributed by atoms with Crippen LogP contribution in [0.15, 0.2) is 77.9 Å². The van der Waals surface area contributed by atoms with Crippen molar-refractivity contribution in [3.63, 3.8) is 0 Å². The Morgan fingerprint density at radius 2 is 1.56 bits per heavy atom. The summed E-state index contributed by atoms with van der Waals surface area (Å²) in [6.45, 7) is 6.36. The van der Waals surface area contributed by atoms with E-state index in [0.717, 1.165) is 5.56 Å². The molecule has 0 aromatic heterocycles. The van der Waals surface area contributed by atoms with Gasteiger partial charge in [0.2, 0.25) is 0 Å². The average molecular weight is 431 g/mol. The van der Waals surface area contributed by atoms with Gasteiger partial charge in [0.25, 0.3) is 5.91 Å². The van der Waals surface area contributed by atoms with Crippen molar-refractivity contribution in [2.45, 2.75) is 26.2 Å². The SMILES string of the molecule is COc1cc(/C=N/NC(=O)c2ccc(C(C)(C)C)cc2)ccc1OC(=O)c1ccccc1. The summed E-state index contributed by atoms with van der Waals surface area (Å²) >= 11 is 0. The minimum Gasteiger partial charge on any atom is -0.493 e. The normalized spacial score (nSPS) is 11.2. The summed E-state index contributed by atoms with van der Waals surface area (Å²) < 4.78 is 10.8. The second kappa shape index (κ2) is 9.92. The van der Waals surface area contributed by atoms with Crippen LogP contribution in [0.5, 0.6) is 11.5 Å². The third-order valence-electron chi connectivity index (χ3n) is 4.79. The topological polar surface area (TPSA) is 77.0 Å². The molecule has 1 amide bonds. The Bertz CT molecular complexity index is 1110. The fraction of sp³-hybridized carbons (Fsp3) is 0.192. The molecule has 3 aromatic rings. The maximum atomic E-state index is 12.3. The fourth-order valence-electron chi connectivity index (χ4n) is 2.93. The number of hydrazone groups is 1. The van der Waals surface area contributed by atoms with Gasteiger partial charge in [0.05, 0.1) is 18.9 Å². The number of rotatable bonds is 6. The number of methoxy groups -OCH3 is 1. The van der Waals surface area contributed by atoms with Crippen LogP contribution in [0.2, 0.25) is 0 Å². The maximum absolute atomic E-state index is 12.3. The molecule has 0 aliphatic heterocycles. The van der Waals surface area contributed by atoms with E-state index in [0.29, 0.717) is 28.2 Å². The lowest BCUT2D eigenvalue weighted by molar-refractivity contribution is 0.0729. The molecule has 0 spiro atoms. The number of amides is 1. The van der Waals surface area contributed by atoms with Crippen molar-refractivity contribution < 1.29 is 19.1 Å². The lowest BCUT2D eigenvalue weighted by Gasteiger charge is -2.18. The second-order valence-electron chi connectivity index (χ2n) is 8.19. The quantitative estimate of drug-likeness (QED) is 0.259. The van der Waals surface area contributed by atoms with Crippen LogP contribution >= 0.6 is 0 Å². The number of nitrogens with zero attached hydrogens (tertiary/aromatic N) is 1. The summed E-state index contributed by atoms with van der Waals surface area (Å²) in [5.74, 6) is -0.110. The molecule has 32 heavy (non-hydrogen) atoms. The molecule has 3 rings (SSSR count). The van der Waals surface area contributed by atoms with E-state index in [9.17, 15) is 9.59 Å². The monoisotopic (exact) mass is 430 g/mol. The first-order valence-electron chi connectivity index (χ1n) is 10.2. The predicted octanol–water partition coefficient (Wildman–Crippen LogP) is 4.98. The summed E-state index contributed by atoms with van der Waals surface area (Å²) in [5.41, 5.74) is 5.33. The molecule has 0 saturated heterocycles. The minimum atomic E-state index is -0.477. The molecule has 3 aromatic carbocycles. The Hall–Kier alpha value is -3.93. The van der Waals surface area contributed by atoms with Crippen LogP contribution in [-0.2, 0) is 5.41 Å². The molecule has 0 atom stereocenters. The van der Waals surface area contributed by atoms with E-state index in [4.69, 9.17) is 9.47 Å². The smallest absolute Gasteiger partial charge is 0.343 e. The van der Waals surface area contributed by atoms with Crippen LogP contribution in [0.4, 0.5) is 0 Å². The van der Waals surface area contributed by atoms with Crippen LogP contribution < -0.4 is 14.9 Å². The van der Waals surface area contributed by atoms with E-state index in [1.54, 1.807) is 54.6 Å². The second-order valence-corrected chi connectivity index (χ2v) is 8.19. The van der Waals surface area contributed by atoms with E-state index < -0.39 is 5.97 Å². The Morgan fingerprint density at radius 1 is 0.875 bits per heavy atom. The molecule has 1 N–H and O–H groups in total. The number of benzene rings is 3. The van der Waals surface area contributed by atoms with Gasteiger partial charge >= 0.3 is 5.97 Å².